The van der Waals surface area contributed by atoms with Crippen LogP contribution < -0.4 is 5.73 Å². The molecule has 0 aliphatic heterocycles. The van der Waals surface area contributed by atoms with Crippen molar-refractivity contribution in [3.8, 4) is 22.6 Å². The molecule has 0 aliphatic rings. The van der Waals surface area contributed by atoms with E-state index in [0.29, 0.717) is 5.92 Å². The third kappa shape index (κ3) is 3.38. The highest BCUT2D eigenvalue weighted by Gasteiger charge is 2.34. The molecule has 0 saturated heterocycles. The minimum Gasteiger partial charge on any atom is -0.340 e. The third-order valence-electron chi connectivity index (χ3n) is 5.17. The van der Waals surface area contributed by atoms with E-state index in [9.17, 15) is 0 Å². The summed E-state index contributed by atoms with van der Waals surface area (Å²) in [6, 6.07) is 20.5. The first-order chi connectivity index (χ1) is 12.1. The molecule has 1 heterocycles. The van der Waals surface area contributed by atoms with E-state index < -0.39 is 5.54 Å². The highest BCUT2D eigenvalue weighted by molar-refractivity contribution is 5.68. The monoisotopic (exact) mass is 333 g/mol. The maximum atomic E-state index is 6.86. The van der Waals surface area contributed by atoms with E-state index in [-0.39, 0.29) is 0 Å². The van der Waals surface area contributed by atoms with Crippen LogP contribution in [0.15, 0.2) is 60.7 Å². The fourth-order valence-electron chi connectivity index (χ4n) is 3.64. The van der Waals surface area contributed by atoms with Gasteiger partial charge in [-0.2, -0.15) is 0 Å². The molecule has 0 bridgehead atoms. The van der Waals surface area contributed by atoms with Crippen molar-refractivity contribution >= 4 is 0 Å². The van der Waals surface area contributed by atoms with Crippen molar-refractivity contribution in [3.63, 3.8) is 0 Å². The molecule has 0 radical (unpaired) electrons. The van der Waals surface area contributed by atoms with Crippen molar-refractivity contribution in [3.05, 3.63) is 66.4 Å². The van der Waals surface area contributed by atoms with E-state index >= 15 is 0 Å². The summed E-state index contributed by atoms with van der Waals surface area (Å²) < 4.78 is 0. The van der Waals surface area contributed by atoms with Crippen LogP contribution in [0.25, 0.3) is 22.6 Å². The van der Waals surface area contributed by atoms with Crippen LogP contribution in [-0.2, 0) is 5.54 Å². The molecule has 25 heavy (non-hydrogen) atoms. The lowest BCUT2D eigenvalue weighted by atomic mass is 9.79. The quantitative estimate of drug-likeness (QED) is 0.638. The molecule has 3 nitrogen and oxygen atoms in total. The summed E-state index contributed by atoms with van der Waals surface area (Å²) in [5, 5.41) is 0. The first-order valence-corrected chi connectivity index (χ1v) is 9.08. The molecule has 3 heteroatoms. The Morgan fingerprint density at radius 2 is 1.44 bits per heavy atom. The molecular weight excluding hydrogens is 306 g/mol. The Hall–Kier alpha value is -2.39. The van der Waals surface area contributed by atoms with Crippen LogP contribution >= 0.6 is 0 Å². The number of nitrogens with zero attached hydrogens (tertiary/aromatic N) is 1. The maximum absolute atomic E-state index is 6.86. The van der Waals surface area contributed by atoms with Gasteiger partial charge in [-0.1, -0.05) is 87.4 Å². The number of H-pyrrole nitrogens is 1. The Morgan fingerprint density at radius 1 is 0.920 bits per heavy atom. The second-order valence-electron chi connectivity index (χ2n) is 6.84. The lowest BCUT2D eigenvalue weighted by molar-refractivity contribution is 0.277. The molecular formula is C22H27N3. The average molecular weight is 333 g/mol. The lowest BCUT2D eigenvalue weighted by Crippen LogP contribution is -2.41. The Kier molecular flexibility index (Phi) is 5.05. The van der Waals surface area contributed by atoms with Crippen molar-refractivity contribution in [2.75, 3.05) is 0 Å². The molecule has 0 amide bonds. The smallest absolute Gasteiger partial charge is 0.138 e. The van der Waals surface area contributed by atoms with Crippen LogP contribution in [-0.4, -0.2) is 9.97 Å². The van der Waals surface area contributed by atoms with E-state index in [0.717, 1.165) is 41.2 Å². The number of nitrogens with one attached hydrogen (secondary N) is 1. The highest BCUT2D eigenvalue weighted by Crippen LogP contribution is 2.37. The topological polar surface area (TPSA) is 54.7 Å². The predicted molar refractivity (Wildman–Crippen MR) is 105 cm³/mol. The summed E-state index contributed by atoms with van der Waals surface area (Å²) in [6.07, 6.45) is 2.08. The Labute approximate surface area is 150 Å². The second-order valence-corrected chi connectivity index (χ2v) is 6.84. The summed E-state index contributed by atoms with van der Waals surface area (Å²) in [6.45, 7) is 6.53. The normalized spacial score (nSPS) is 13.8. The second kappa shape index (κ2) is 7.24. The summed E-state index contributed by atoms with van der Waals surface area (Å²) in [4.78, 5) is 8.48. The molecule has 1 unspecified atom stereocenters. The van der Waals surface area contributed by atoms with Gasteiger partial charge in [-0.05, 0) is 12.8 Å². The molecule has 0 spiro atoms. The number of aromatic amines is 1. The molecule has 3 aromatic rings. The van der Waals surface area contributed by atoms with Crippen LogP contribution in [0.3, 0.4) is 0 Å². The largest absolute Gasteiger partial charge is 0.340 e. The van der Waals surface area contributed by atoms with Crippen LogP contribution in [0, 0.1) is 5.92 Å². The minimum absolute atomic E-state index is 0.388. The number of imidazole rings is 1. The third-order valence-corrected chi connectivity index (χ3v) is 5.17. The average Bonchev–Trinajstić information content (AvgIpc) is 3.10. The molecule has 1 aromatic heterocycles. The molecule has 0 fully saturated rings. The number of rotatable bonds is 6. The zero-order valence-corrected chi connectivity index (χ0v) is 15.3. The summed E-state index contributed by atoms with van der Waals surface area (Å²) in [5.41, 5.74) is 10.5. The maximum Gasteiger partial charge on any atom is 0.138 e. The SMILES string of the molecule is CCC(CC)C(C)(N)c1[nH]c(-c2ccccc2)nc1-c1ccccc1. The van der Waals surface area contributed by atoms with Crippen molar-refractivity contribution in [1.29, 1.82) is 0 Å². The Balaban J connectivity index is 2.17. The van der Waals surface area contributed by atoms with E-state index in [4.69, 9.17) is 10.7 Å². The number of aromatic nitrogens is 2. The van der Waals surface area contributed by atoms with Crippen molar-refractivity contribution in [1.82, 2.24) is 9.97 Å². The molecule has 130 valence electrons. The molecule has 0 aliphatic carbocycles. The van der Waals surface area contributed by atoms with Gasteiger partial charge in [0.1, 0.15) is 5.82 Å². The first-order valence-electron chi connectivity index (χ1n) is 9.08. The van der Waals surface area contributed by atoms with Crippen LogP contribution in [0.2, 0.25) is 0 Å². The number of hydrogen-bond donors (Lipinski definition) is 2. The number of benzene rings is 2. The molecule has 3 rings (SSSR count). The predicted octanol–water partition coefficient (Wildman–Crippen LogP) is 5.35. The van der Waals surface area contributed by atoms with E-state index in [1.54, 1.807) is 0 Å². The number of nitrogens with two attached hydrogens (primary N) is 1. The van der Waals surface area contributed by atoms with Crippen LogP contribution in [0.5, 0.6) is 0 Å². The van der Waals surface area contributed by atoms with Gasteiger partial charge in [-0.15, -0.1) is 0 Å². The fourth-order valence-corrected chi connectivity index (χ4v) is 3.64. The fraction of sp³-hybridized carbons (Fsp3) is 0.318. The zero-order chi connectivity index (χ0) is 17.9. The summed E-state index contributed by atoms with van der Waals surface area (Å²) in [5.74, 6) is 1.26. The van der Waals surface area contributed by atoms with Crippen LogP contribution in [0.4, 0.5) is 0 Å². The van der Waals surface area contributed by atoms with Gasteiger partial charge in [0.25, 0.3) is 0 Å². The van der Waals surface area contributed by atoms with Gasteiger partial charge in [-0.25, -0.2) is 4.98 Å². The Bertz CT molecular complexity index is 800. The lowest BCUT2D eigenvalue weighted by Gasteiger charge is -2.33. The first kappa shape index (κ1) is 17.4. The molecule has 2 aromatic carbocycles. The molecule has 0 saturated carbocycles. The van der Waals surface area contributed by atoms with Gasteiger partial charge in [0.05, 0.1) is 16.9 Å². The standard InChI is InChI=1S/C22H27N3/c1-4-18(5-2)22(3,23)20-19(16-12-8-6-9-13-16)24-21(25-20)17-14-10-7-11-15-17/h6-15,18H,4-5,23H2,1-3H3,(H,24,25). The van der Waals surface area contributed by atoms with E-state index in [2.05, 4.69) is 50.0 Å². The van der Waals surface area contributed by atoms with Gasteiger partial charge in [0.15, 0.2) is 0 Å². The van der Waals surface area contributed by atoms with E-state index in [1.165, 1.54) is 0 Å². The van der Waals surface area contributed by atoms with Gasteiger partial charge in [0, 0.05) is 11.1 Å². The van der Waals surface area contributed by atoms with Crippen molar-refractivity contribution < 1.29 is 0 Å². The number of hydrogen-bond acceptors (Lipinski definition) is 2. The van der Waals surface area contributed by atoms with Crippen molar-refractivity contribution in [2.45, 2.75) is 39.2 Å². The molecule has 1 atom stereocenters. The van der Waals surface area contributed by atoms with Crippen molar-refractivity contribution in [2.24, 2.45) is 11.7 Å². The zero-order valence-electron chi connectivity index (χ0n) is 15.3. The van der Waals surface area contributed by atoms with Gasteiger partial charge in [-0.3, -0.25) is 0 Å². The van der Waals surface area contributed by atoms with Gasteiger partial charge in [0.2, 0.25) is 0 Å². The Morgan fingerprint density at radius 3 is 1.96 bits per heavy atom. The van der Waals surface area contributed by atoms with E-state index in [1.807, 2.05) is 36.4 Å². The molecule has 3 N–H and O–H groups in total. The summed E-state index contributed by atoms with van der Waals surface area (Å²) >= 11 is 0. The van der Waals surface area contributed by atoms with Crippen LogP contribution in [0.1, 0.15) is 39.3 Å². The minimum atomic E-state index is -0.464. The highest BCUT2D eigenvalue weighted by atomic mass is 15.0. The summed E-state index contributed by atoms with van der Waals surface area (Å²) in [7, 11) is 0. The van der Waals surface area contributed by atoms with Gasteiger partial charge < -0.3 is 10.7 Å². The van der Waals surface area contributed by atoms with Gasteiger partial charge >= 0.3 is 0 Å².